The van der Waals surface area contributed by atoms with Gasteiger partial charge in [0.25, 0.3) is 0 Å². The normalized spacial score (nSPS) is 20.5. The van der Waals surface area contributed by atoms with Crippen molar-refractivity contribution >= 4 is 0 Å². The minimum Gasteiger partial charge on any atom is -0.293 e. The van der Waals surface area contributed by atoms with Crippen LogP contribution in [0.1, 0.15) is 36.6 Å². The molecule has 1 aliphatic rings. The number of hydrogen-bond donors (Lipinski definition) is 0. The van der Waals surface area contributed by atoms with E-state index in [1.165, 1.54) is 11.1 Å². The Morgan fingerprint density at radius 2 is 2.36 bits per heavy atom. The molecule has 0 radical (unpaired) electrons. The summed E-state index contributed by atoms with van der Waals surface area (Å²) < 4.78 is 0. The van der Waals surface area contributed by atoms with Crippen LogP contribution in [0, 0.1) is 11.3 Å². The monoisotopic (exact) mass is 186 g/mol. The van der Waals surface area contributed by atoms with Crippen LogP contribution >= 0.6 is 0 Å². The van der Waals surface area contributed by atoms with Crippen molar-refractivity contribution in [2.45, 2.75) is 26.4 Å². The highest BCUT2D eigenvalue weighted by atomic mass is 15.2. The fraction of sp³-hybridized carbons (Fsp3) is 0.417. The lowest BCUT2D eigenvalue weighted by molar-refractivity contribution is 0.242. The molecule has 1 atom stereocenters. The van der Waals surface area contributed by atoms with E-state index in [2.05, 4.69) is 30.9 Å². The van der Waals surface area contributed by atoms with E-state index in [1.807, 2.05) is 12.1 Å². The second kappa shape index (κ2) is 3.43. The van der Waals surface area contributed by atoms with Gasteiger partial charge in [-0.2, -0.15) is 5.26 Å². The molecule has 2 nitrogen and oxygen atoms in total. The van der Waals surface area contributed by atoms with E-state index in [-0.39, 0.29) is 0 Å². The number of nitrogens with zero attached hydrogens (tertiary/aromatic N) is 2. The summed E-state index contributed by atoms with van der Waals surface area (Å²) in [6, 6.07) is 8.67. The number of rotatable bonds is 1. The summed E-state index contributed by atoms with van der Waals surface area (Å²) in [4.78, 5) is 2.41. The van der Waals surface area contributed by atoms with Crippen molar-refractivity contribution in [3.63, 3.8) is 0 Å². The van der Waals surface area contributed by atoms with E-state index in [9.17, 15) is 0 Å². The first-order chi connectivity index (χ1) is 6.76. The molecular formula is C12H14N2. The quantitative estimate of drug-likeness (QED) is 0.673. The molecule has 0 N–H and O–H groups in total. The van der Waals surface area contributed by atoms with Crippen LogP contribution in [0.25, 0.3) is 0 Å². The zero-order valence-electron chi connectivity index (χ0n) is 8.62. The molecule has 72 valence electrons. The van der Waals surface area contributed by atoms with Gasteiger partial charge in [-0.15, -0.1) is 0 Å². The van der Waals surface area contributed by atoms with E-state index in [4.69, 9.17) is 5.26 Å². The fourth-order valence-electron chi connectivity index (χ4n) is 2.14. The molecule has 0 aromatic heterocycles. The zero-order chi connectivity index (χ0) is 10.1. The van der Waals surface area contributed by atoms with Gasteiger partial charge in [0.15, 0.2) is 0 Å². The van der Waals surface area contributed by atoms with Crippen molar-refractivity contribution in [3.05, 3.63) is 34.9 Å². The highest BCUT2D eigenvalue weighted by Gasteiger charge is 2.25. The molecule has 1 unspecified atom stereocenters. The molecule has 1 aromatic rings. The third-order valence-corrected chi connectivity index (χ3v) is 3.05. The molecule has 0 spiro atoms. The highest BCUT2D eigenvalue weighted by Crippen LogP contribution is 2.33. The van der Waals surface area contributed by atoms with Gasteiger partial charge in [0, 0.05) is 12.6 Å². The van der Waals surface area contributed by atoms with Crippen LogP contribution in [-0.4, -0.2) is 11.4 Å². The maximum Gasteiger partial charge on any atom is 0.0991 e. The summed E-state index contributed by atoms with van der Waals surface area (Å²) in [5.74, 6) is 0. The SMILES string of the molecule is CCN1Cc2ccc(C#N)cc2C1C. The van der Waals surface area contributed by atoms with Crippen LogP contribution in [0.2, 0.25) is 0 Å². The lowest BCUT2D eigenvalue weighted by atomic mass is 10.0. The van der Waals surface area contributed by atoms with Crippen LogP contribution in [0.4, 0.5) is 0 Å². The van der Waals surface area contributed by atoms with Gasteiger partial charge in [-0.3, -0.25) is 4.90 Å². The summed E-state index contributed by atoms with van der Waals surface area (Å²) in [6.07, 6.45) is 0. The predicted molar refractivity (Wildman–Crippen MR) is 55.7 cm³/mol. The third kappa shape index (κ3) is 1.30. The molecule has 2 heteroatoms. The Hall–Kier alpha value is -1.33. The first-order valence-corrected chi connectivity index (χ1v) is 5.03. The summed E-state index contributed by atoms with van der Waals surface area (Å²) in [5, 5.41) is 8.81. The molecular weight excluding hydrogens is 172 g/mol. The minimum atomic E-state index is 0.461. The van der Waals surface area contributed by atoms with Crippen molar-refractivity contribution in [1.29, 1.82) is 5.26 Å². The van der Waals surface area contributed by atoms with E-state index in [1.54, 1.807) is 0 Å². The number of benzene rings is 1. The molecule has 0 saturated heterocycles. The number of fused-ring (bicyclic) bond motifs is 1. The maximum atomic E-state index is 8.81. The van der Waals surface area contributed by atoms with Crippen LogP contribution in [0.5, 0.6) is 0 Å². The lowest BCUT2D eigenvalue weighted by Crippen LogP contribution is -2.18. The zero-order valence-corrected chi connectivity index (χ0v) is 8.62. The van der Waals surface area contributed by atoms with Crippen molar-refractivity contribution in [3.8, 4) is 6.07 Å². The van der Waals surface area contributed by atoms with Crippen LogP contribution in [0.15, 0.2) is 18.2 Å². The van der Waals surface area contributed by atoms with E-state index >= 15 is 0 Å². The van der Waals surface area contributed by atoms with Gasteiger partial charge in [0.1, 0.15) is 0 Å². The second-order valence-corrected chi connectivity index (χ2v) is 3.76. The molecule has 0 aliphatic carbocycles. The van der Waals surface area contributed by atoms with Crippen molar-refractivity contribution in [2.75, 3.05) is 6.54 Å². The molecule has 1 aliphatic heterocycles. The fourth-order valence-corrected chi connectivity index (χ4v) is 2.14. The Morgan fingerprint density at radius 3 is 3.00 bits per heavy atom. The van der Waals surface area contributed by atoms with Gasteiger partial charge in [-0.25, -0.2) is 0 Å². The Labute approximate surface area is 84.8 Å². The molecule has 1 heterocycles. The van der Waals surface area contributed by atoms with E-state index < -0.39 is 0 Å². The summed E-state index contributed by atoms with van der Waals surface area (Å²) in [5.41, 5.74) is 3.47. The van der Waals surface area contributed by atoms with Crippen molar-refractivity contribution < 1.29 is 0 Å². The van der Waals surface area contributed by atoms with Gasteiger partial charge in [-0.1, -0.05) is 13.0 Å². The Bertz CT molecular complexity index is 390. The molecule has 0 amide bonds. The standard InChI is InChI=1S/C12H14N2/c1-3-14-8-11-5-4-10(7-13)6-12(11)9(14)2/h4-6,9H,3,8H2,1-2H3. The molecule has 2 rings (SSSR count). The number of hydrogen-bond acceptors (Lipinski definition) is 2. The van der Waals surface area contributed by atoms with Gasteiger partial charge in [-0.05, 0) is 36.7 Å². The minimum absolute atomic E-state index is 0.461. The Morgan fingerprint density at radius 1 is 1.57 bits per heavy atom. The molecule has 1 aromatic carbocycles. The smallest absolute Gasteiger partial charge is 0.0991 e. The topological polar surface area (TPSA) is 27.0 Å². The summed E-state index contributed by atoms with van der Waals surface area (Å²) in [7, 11) is 0. The average Bonchev–Trinajstić information content (AvgIpc) is 2.55. The van der Waals surface area contributed by atoms with E-state index in [0.717, 1.165) is 18.7 Å². The lowest BCUT2D eigenvalue weighted by Gasteiger charge is -2.18. The first-order valence-electron chi connectivity index (χ1n) is 5.03. The summed E-state index contributed by atoms with van der Waals surface area (Å²) >= 11 is 0. The van der Waals surface area contributed by atoms with Crippen LogP contribution in [0.3, 0.4) is 0 Å². The molecule has 0 bridgehead atoms. The van der Waals surface area contributed by atoms with Gasteiger partial charge in [0.2, 0.25) is 0 Å². The number of nitriles is 1. The molecule has 14 heavy (non-hydrogen) atoms. The van der Waals surface area contributed by atoms with Gasteiger partial charge in [0.05, 0.1) is 11.6 Å². The summed E-state index contributed by atoms with van der Waals surface area (Å²) in [6.45, 7) is 6.47. The maximum absolute atomic E-state index is 8.81. The first kappa shape index (κ1) is 9.23. The van der Waals surface area contributed by atoms with Gasteiger partial charge >= 0.3 is 0 Å². The molecule has 0 saturated carbocycles. The third-order valence-electron chi connectivity index (χ3n) is 3.05. The highest BCUT2D eigenvalue weighted by molar-refractivity contribution is 5.41. The second-order valence-electron chi connectivity index (χ2n) is 3.76. The largest absolute Gasteiger partial charge is 0.293 e. The molecule has 0 fully saturated rings. The predicted octanol–water partition coefficient (Wildman–Crippen LogP) is 2.45. The van der Waals surface area contributed by atoms with Crippen molar-refractivity contribution in [2.24, 2.45) is 0 Å². The Kier molecular flexibility index (Phi) is 2.26. The van der Waals surface area contributed by atoms with Crippen molar-refractivity contribution in [1.82, 2.24) is 4.90 Å². The van der Waals surface area contributed by atoms with Crippen LogP contribution in [-0.2, 0) is 6.54 Å². The van der Waals surface area contributed by atoms with E-state index in [0.29, 0.717) is 6.04 Å². The Balaban J connectivity index is 2.41. The average molecular weight is 186 g/mol. The van der Waals surface area contributed by atoms with Crippen LogP contribution < -0.4 is 0 Å². The van der Waals surface area contributed by atoms with Gasteiger partial charge < -0.3 is 0 Å².